The molecule has 0 spiro atoms. The number of nitrogens with one attached hydrogen (secondary N) is 1. The summed E-state index contributed by atoms with van der Waals surface area (Å²) in [4.78, 5) is 26.0. The molecule has 3 atom stereocenters. The maximum Gasteiger partial charge on any atom is 0.306 e. The molecule has 6 nitrogen and oxygen atoms in total. The molecule has 0 aromatic rings. The zero-order chi connectivity index (χ0) is 42.4. The molecule has 1 amide bonds. The lowest BCUT2D eigenvalue weighted by Gasteiger charge is -2.24. The minimum atomic E-state index is -0.815. The van der Waals surface area contributed by atoms with Gasteiger partial charge in [0.1, 0.15) is 6.10 Å². The van der Waals surface area contributed by atoms with Crippen molar-refractivity contribution in [2.45, 2.75) is 238 Å². The molecule has 0 heterocycles. The van der Waals surface area contributed by atoms with Crippen LogP contribution in [0.15, 0.2) is 72.9 Å². The summed E-state index contributed by atoms with van der Waals surface area (Å²) < 4.78 is 5.84. The lowest BCUT2D eigenvalue weighted by molar-refractivity contribution is -0.150. The molecule has 334 valence electrons. The summed E-state index contributed by atoms with van der Waals surface area (Å²) in [5.74, 6) is -0.603. The van der Waals surface area contributed by atoms with E-state index < -0.39 is 18.2 Å². The van der Waals surface area contributed by atoms with Crippen molar-refractivity contribution in [1.29, 1.82) is 0 Å². The van der Waals surface area contributed by atoms with E-state index in [1.54, 1.807) is 0 Å². The molecule has 0 aliphatic carbocycles. The second-order valence-corrected chi connectivity index (χ2v) is 16.1. The zero-order valence-electron chi connectivity index (χ0n) is 37.9. The summed E-state index contributed by atoms with van der Waals surface area (Å²) in [5.41, 5.74) is 0. The monoisotopic (exact) mass is 810 g/mol. The van der Waals surface area contributed by atoms with E-state index in [0.717, 1.165) is 83.5 Å². The normalized spacial score (nSPS) is 13.9. The Labute approximate surface area is 358 Å². The third-order valence-corrected chi connectivity index (χ3v) is 10.5. The van der Waals surface area contributed by atoms with Gasteiger partial charge in [-0.3, -0.25) is 9.59 Å². The van der Waals surface area contributed by atoms with Crippen molar-refractivity contribution < 1.29 is 24.5 Å². The lowest BCUT2D eigenvalue weighted by atomic mass is 10.0. The van der Waals surface area contributed by atoms with E-state index in [1.165, 1.54) is 89.9 Å². The summed E-state index contributed by atoms with van der Waals surface area (Å²) in [5, 5.41) is 23.6. The second-order valence-electron chi connectivity index (χ2n) is 16.1. The Balaban J connectivity index is 4.78. The molecule has 0 saturated carbocycles. The molecule has 6 heteroatoms. The van der Waals surface area contributed by atoms with Gasteiger partial charge >= 0.3 is 5.97 Å². The van der Waals surface area contributed by atoms with Crippen LogP contribution in [-0.4, -0.2) is 46.9 Å². The predicted octanol–water partition coefficient (Wildman–Crippen LogP) is 14.2. The molecule has 0 bridgehead atoms. The summed E-state index contributed by atoms with van der Waals surface area (Å²) in [6.45, 7) is 6.31. The third-order valence-electron chi connectivity index (χ3n) is 10.5. The van der Waals surface area contributed by atoms with Crippen LogP contribution >= 0.6 is 0 Å². The molecule has 0 aliphatic rings. The van der Waals surface area contributed by atoms with Gasteiger partial charge in [-0.15, -0.1) is 0 Å². The van der Waals surface area contributed by atoms with Gasteiger partial charge in [0.15, 0.2) is 0 Å². The highest BCUT2D eigenvalue weighted by Crippen LogP contribution is 2.15. The number of ether oxygens (including phenoxy) is 1. The molecular formula is C52H91NO5. The number of aliphatic hydroxyl groups is 2. The summed E-state index contributed by atoms with van der Waals surface area (Å²) in [7, 11) is 0. The Morgan fingerprint density at radius 1 is 0.534 bits per heavy atom. The topological polar surface area (TPSA) is 95.9 Å². The Morgan fingerprint density at radius 3 is 1.45 bits per heavy atom. The van der Waals surface area contributed by atoms with Crippen LogP contribution in [0.4, 0.5) is 0 Å². The zero-order valence-corrected chi connectivity index (χ0v) is 37.9. The summed E-state index contributed by atoms with van der Waals surface area (Å²) in [6.07, 6.45) is 56.9. The van der Waals surface area contributed by atoms with Gasteiger partial charge in [-0.1, -0.05) is 203 Å². The van der Waals surface area contributed by atoms with E-state index in [2.05, 4.69) is 86.8 Å². The number of allylic oxidation sites excluding steroid dienone is 11. The fourth-order valence-electron chi connectivity index (χ4n) is 6.86. The van der Waals surface area contributed by atoms with Crippen molar-refractivity contribution in [2.24, 2.45) is 0 Å². The third kappa shape index (κ3) is 40.1. The molecule has 3 unspecified atom stereocenters. The van der Waals surface area contributed by atoms with Gasteiger partial charge < -0.3 is 20.3 Å². The molecular weight excluding hydrogens is 719 g/mol. The van der Waals surface area contributed by atoms with Gasteiger partial charge in [0.05, 0.1) is 25.2 Å². The van der Waals surface area contributed by atoms with Crippen molar-refractivity contribution in [2.75, 3.05) is 6.61 Å². The number of unbranched alkanes of at least 4 members (excludes halogenated alkanes) is 19. The highest BCUT2D eigenvalue weighted by Gasteiger charge is 2.23. The largest absolute Gasteiger partial charge is 0.461 e. The first kappa shape index (κ1) is 55.3. The number of carbonyl (C=O) groups excluding carboxylic acids is 2. The predicted molar refractivity (Wildman–Crippen MR) is 250 cm³/mol. The average Bonchev–Trinajstić information content (AvgIpc) is 3.22. The number of aliphatic hydroxyl groups excluding tert-OH is 2. The first-order valence-corrected chi connectivity index (χ1v) is 24.2. The Morgan fingerprint density at radius 2 is 0.966 bits per heavy atom. The smallest absolute Gasteiger partial charge is 0.306 e. The SMILES string of the molecule is CC/C=C\C/C=C\C/C=C\C/C=C\C/C=C\CC(CC(=O)NC(CO)C(O)CCCCCCCCCCCCC)OC(=O)CCCCC/C=C\CCCCCCCC. The molecule has 0 aromatic carbocycles. The van der Waals surface area contributed by atoms with E-state index in [-0.39, 0.29) is 24.9 Å². The van der Waals surface area contributed by atoms with Crippen molar-refractivity contribution >= 4 is 11.9 Å². The van der Waals surface area contributed by atoms with E-state index in [9.17, 15) is 19.8 Å². The van der Waals surface area contributed by atoms with Crippen LogP contribution in [0.1, 0.15) is 220 Å². The van der Waals surface area contributed by atoms with Crippen molar-refractivity contribution in [1.82, 2.24) is 5.32 Å². The van der Waals surface area contributed by atoms with Crippen LogP contribution < -0.4 is 5.32 Å². The fraction of sp³-hybridized carbons (Fsp3) is 0.731. The maximum absolute atomic E-state index is 13.1. The van der Waals surface area contributed by atoms with Gasteiger partial charge in [-0.2, -0.15) is 0 Å². The quantitative estimate of drug-likeness (QED) is 0.0324. The van der Waals surface area contributed by atoms with Gasteiger partial charge in [0.25, 0.3) is 0 Å². The number of rotatable bonds is 42. The molecule has 0 radical (unpaired) electrons. The molecule has 0 aromatic heterocycles. The van der Waals surface area contributed by atoms with Crippen LogP contribution in [0.2, 0.25) is 0 Å². The number of carbonyl (C=O) groups is 2. The van der Waals surface area contributed by atoms with Gasteiger partial charge in [-0.25, -0.2) is 0 Å². The van der Waals surface area contributed by atoms with Crippen LogP contribution in [0.5, 0.6) is 0 Å². The number of amides is 1. The van der Waals surface area contributed by atoms with Crippen molar-refractivity contribution in [3.8, 4) is 0 Å². The molecule has 3 N–H and O–H groups in total. The van der Waals surface area contributed by atoms with E-state index >= 15 is 0 Å². The lowest BCUT2D eigenvalue weighted by Crippen LogP contribution is -2.46. The number of hydrogen-bond donors (Lipinski definition) is 3. The summed E-state index contributed by atoms with van der Waals surface area (Å²) >= 11 is 0. The van der Waals surface area contributed by atoms with Gasteiger partial charge in [-0.05, 0) is 70.6 Å². The molecule has 0 aliphatic heterocycles. The van der Waals surface area contributed by atoms with E-state index in [0.29, 0.717) is 19.3 Å². The van der Waals surface area contributed by atoms with Crippen molar-refractivity contribution in [3.63, 3.8) is 0 Å². The number of hydrogen-bond acceptors (Lipinski definition) is 5. The molecule has 0 fully saturated rings. The van der Waals surface area contributed by atoms with Crippen LogP contribution in [0, 0.1) is 0 Å². The first-order valence-electron chi connectivity index (χ1n) is 24.2. The standard InChI is InChI=1S/C52H91NO5/c1-4-7-10-13-16-19-22-24-25-27-29-31-34-37-40-43-48(58-52(57)45-42-39-36-33-30-26-23-20-17-14-11-8-5-2)46-51(56)53-49(47-54)50(55)44-41-38-35-32-28-21-18-15-12-9-6-3/h7,10,16,19,24-26,29-31,37,40,48-50,54-55H,4-6,8-9,11-15,17-18,20-23,27-28,32-36,38-39,41-47H2,1-3H3,(H,53,56)/b10-7-,19-16-,25-24-,30-26-,31-29-,40-37-. The highest BCUT2D eigenvalue weighted by atomic mass is 16.5. The van der Waals surface area contributed by atoms with Gasteiger partial charge in [0.2, 0.25) is 5.91 Å². The molecule has 58 heavy (non-hydrogen) atoms. The second kappa shape index (κ2) is 45.4. The Hall–Kier alpha value is -2.70. The van der Waals surface area contributed by atoms with Crippen LogP contribution in [-0.2, 0) is 14.3 Å². The van der Waals surface area contributed by atoms with Crippen LogP contribution in [0.25, 0.3) is 0 Å². The first-order chi connectivity index (χ1) is 28.5. The molecule has 0 saturated heterocycles. The van der Waals surface area contributed by atoms with Crippen molar-refractivity contribution in [3.05, 3.63) is 72.9 Å². The minimum absolute atomic E-state index is 0.00881. The Kier molecular flexibility index (Phi) is 43.3. The maximum atomic E-state index is 13.1. The van der Waals surface area contributed by atoms with E-state index in [4.69, 9.17) is 4.74 Å². The summed E-state index contributed by atoms with van der Waals surface area (Å²) in [6, 6.07) is -0.736. The average molecular weight is 810 g/mol. The Bertz CT molecular complexity index is 1090. The van der Waals surface area contributed by atoms with Gasteiger partial charge in [0, 0.05) is 12.8 Å². The minimum Gasteiger partial charge on any atom is -0.461 e. The highest BCUT2D eigenvalue weighted by molar-refractivity contribution is 5.77. The van der Waals surface area contributed by atoms with Crippen LogP contribution in [0.3, 0.4) is 0 Å². The van der Waals surface area contributed by atoms with E-state index in [1.807, 2.05) is 12.2 Å². The molecule has 0 rings (SSSR count). The number of esters is 1. The fourth-order valence-corrected chi connectivity index (χ4v) is 6.86.